The lowest BCUT2D eigenvalue weighted by Crippen LogP contribution is -2.73. The summed E-state index contributed by atoms with van der Waals surface area (Å²) in [5, 5.41) is 298. The molecule has 0 bridgehead atoms. The van der Waals surface area contributed by atoms with Crippen LogP contribution < -0.4 is 26.6 Å². The van der Waals surface area contributed by atoms with E-state index in [1.165, 1.54) is 102 Å². The highest BCUT2D eigenvalue weighted by molar-refractivity contribution is 5.79. The highest BCUT2D eigenvalue weighted by atomic mass is 16.8. The van der Waals surface area contributed by atoms with Gasteiger partial charge in [0.25, 0.3) is 17.4 Å². The number of aliphatic carboxylic acids is 3. The average Bonchev–Trinajstić information content (AvgIpc) is 0.747. The zero-order valence-electron chi connectivity index (χ0n) is 85.7. The fraction of sp³-hybridized carbons (Fsp3) is 0.897. The third-order valence-corrected chi connectivity index (χ3v) is 28.1. The van der Waals surface area contributed by atoms with Crippen LogP contribution in [-0.2, 0) is 105 Å². The fourth-order valence-corrected chi connectivity index (χ4v) is 19.9. The molecule has 52 nitrogen and oxygen atoms in total. The van der Waals surface area contributed by atoms with Crippen molar-refractivity contribution in [2.75, 3.05) is 52.9 Å². The number of carboxylic acid groups (broad SMARTS) is 3. The van der Waals surface area contributed by atoms with E-state index in [0.29, 0.717) is 12.8 Å². The number of amides is 5. The summed E-state index contributed by atoms with van der Waals surface area (Å²) >= 11 is 0. The molecule has 0 aliphatic carbocycles. The van der Waals surface area contributed by atoms with Crippen molar-refractivity contribution in [1.82, 2.24) is 26.6 Å². The molecule has 0 aromatic rings. The van der Waals surface area contributed by atoms with Crippen molar-refractivity contribution >= 4 is 47.4 Å². The van der Waals surface area contributed by atoms with Crippen LogP contribution >= 0.6 is 0 Å². The quantitative estimate of drug-likeness (QED) is 0.0199. The molecule has 7 aliphatic rings. The number of unbranched alkanes of at least 4 members (excludes halogenated alkanes) is 27. The summed E-state index contributed by atoms with van der Waals surface area (Å²) in [4.78, 5) is 107. The minimum Gasteiger partial charge on any atom is -0.477 e. The van der Waals surface area contributed by atoms with E-state index in [0.717, 1.165) is 105 Å². The minimum atomic E-state index is -3.64. The molecule has 52 heteroatoms. The van der Waals surface area contributed by atoms with Gasteiger partial charge in [-0.25, -0.2) is 14.4 Å². The molecule has 149 heavy (non-hydrogen) atoms. The molecule has 0 aromatic carbocycles. The van der Waals surface area contributed by atoms with Crippen LogP contribution in [0, 0.1) is 0 Å². The van der Waals surface area contributed by atoms with Gasteiger partial charge < -0.3 is 221 Å². The second-order valence-corrected chi connectivity index (χ2v) is 39.9. The van der Waals surface area contributed by atoms with Gasteiger partial charge in [-0.15, -0.1) is 0 Å². The number of aliphatic hydroxyl groups is 22. The van der Waals surface area contributed by atoms with E-state index in [2.05, 4.69) is 40.4 Å². The van der Waals surface area contributed by atoms with Crippen molar-refractivity contribution < 1.29 is 232 Å². The zero-order valence-corrected chi connectivity index (χ0v) is 85.7. The van der Waals surface area contributed by atoms with Gasteiger partial charge in [0.1, 0.15) is 153 Å². The summed E-state index contributed by atoms with van der Waals surface area (Å²) in [5.41, 5.74) is 0. The number of carbonyl (C=O) groups is 8. The Morgan fingerprint density at radius 2 is 0.705 bits per heavy atom. The highest BCUT2D eigenvalue weighted by Crippen LogP contribution is 2.45. The van der Waals surface area contributed by atoms with Crippen LogP contribution in [0.25, 0.3) is 0 Å². The number of ether oxygens (including phenoxy) is 14. The van der Waals surface area contributed by atoms with Crippen molar-refractivity contribution in [2.45, 2.75) is 497 Å². The molecule has 7 rings (SSSR count). The number of hydrogen-bond acceptors (Lipinski definition) is 44. The van der Waals surface area contributed by atoms with Gasteiger partial charge in [-0.2, -0.15) is 0 Å². The SMILES string of the molecule is CCCCCCCCCCCCC/C=C/[C@@H](O)[C@H](CO[C@@H]1OC(CO)[C@@H](O[C@@H]2OC(CO)[C@H](O[C@@H]3OC(CO)[C@H](O)[C@H](O[C@@H]4OC(CO)[C@H](O)[C@H](O[C@]5(C(=O)O)CC(O)[C@@H](NC(C)=O)C([C@H](O)[C@@H](CO)O[C@]6(C(=O)O)CC(O)[C@@H](NC(C)=O)C([C@H](O)[C@H](O)CO)O6)O5)C4O)C3NC(C)=O)[C@H](O[C@]3(C(=O)O)CC(O)[C@@H](NC(C)=O)C([C@H](O)[C@H](O)CO)O3)C2O)[C@H](O)C1O)NC(=O)CCCCCCCCCCCCCCCCCCC. The summed E-state index contributed by atoms with van der Waals surface area (Å²) < 4.78 is 84.4. The normalized spacial score (nSPS) is 35.2. The standard InChI is InChI=1S/C97H169N5O47/c1-7-9-11-13-15-17-19-21-22-23-24-26-28-30-32-34-36-38-66(120)102-54(55(114)37-35-33-31-29-27-25-20-18-16-14-12-10-8-2)49-136-89-77(127)76(126)80(64(47-108)139-89)141-91-79(129)87(149-97(94(134)135)41-57(116)68(99-51(4)111)84(146-97)72(122)60(119)43-104)81(65(48-109)140-91)142-88-70(101-53(6)113)82(73(123)61(44-105)137-88)143-90-78(128)86(74(124)62(45-106)138-90)148-96(93(132)133)40-58(117)69(100-52(5)112)85(147-96)75(125)63(46-107)144-95(92(130)131)39-56(115)67(98-50(3)110)83(145-95)71(121)59(118)42-103/h35,37,54-65,67-91,103-109,114-119,121-129H,7-34,36,38-49H2,1-6H3,(H,98,110)(H,99,111)(H,100,112)(H,101,113)(H,102,120)(H,130,131)(H,132,133)(H,134,135)/b37-35+/t54-,55+,56?,57?,58?,59+,60+,61?,62?,63+,64?,65?,67+,68+,69+,70?,71+,72+,73-,74-,75+,76+,77?,78?,79?,80+,81-,82+,83?,84?,85?,86-,87+,88-,89+,90-,91-,95+,96-,97-/m0/s1. The first-order valence-corrected chi connectivity index (χ1v) is 52.4. The smallest absolute Gasteiger partial charge is 0.364 e. The van der Waals surface area contributed by atoms with Gasteiger partial charge in [-0.05, 0) is 19.3 Å². The molecule has 40 atom stereocenters. The van der Waals surface area contributed by atoms with Gasteiger partial charge in [0.2, 0.25) is 29.5 Å². The van der Waals surface area contributed by atoms with E-state index >= 15 is 0 Å². The summed E-state index contributed by atoms with van der Waals surface area (Å²) in [6.07, 6.45) is -44.4. The van der Waals surface area contributed by atoms with Crippen molar-refractivity contribution in [3.8, 4) is 0 Å². The van der Waals surface area contributed by atoms with Crippen LogP contribution in [0.2, 0.25) is 0 Å². The van der Waals surface area contributed by atoms with Gasteiger partial charge >= 0.3 is 17.9 Å². The monoisotopic (exact) mass is 2160 g/mol. The number of carboxylic acids is 3. The van der Waals surface area contributed by atoms with Crippen LogP contribution in [0.4, 0.5) is 0 Å². The Hall–Kier alpha value is -5.94. The van der Waals surface area contributed by atoms with Gasteiger partial charge in [0.05, 0.1) is 101 Å². The Kier molecular flexibility index (Phi) is 56.4. The molecule has 0 spiro atoms. The van der Waals surface area contributed by atoms with Crippen LogP contribution in [0.15, 0.2) is 12.2 Å². The molecule has 14 unspecified atom stereocenters. The summed E-state index contributed by atoms with van der Waals surface area (Å²) in [6, 6.07) is -9.29. The zero-order chi connectivity index (χ0) is 110. The summed E-state index contributed by atoms with van der Waals surface area (Å²) in [7, 11) is 0. The Morgan fingerprint density at radius 3 is 1.11 bits per heavy atom. The van der Waals surface area contributed by atoms with E-state index in [9.17, 15) is 166 Å². The van der Waals surface area contributed by atoms with Crippen molar-refractivity contribution in [3.63, 3.8) is 0 Å². The first-order valence-electron chi connectivity index (χ1n) is 52.4. The molecule has 7 fully saturated rings. The van der Waals surface area contributed by atoms with Crippen LogP contribution in [-0.4, -0.2) is 472 Å². The van der Waals surface area contributed by atoms with E-state index < -0.39 is 363 Å². The van der Waals surface area contributed by atoms with E-state index in [1.54, 1.807) is 6.08 Å². The van der Waals surface area contributed by atoms with Gasteiger partial charge in [-0.3, -0.25) is 24.0 Å². The molecule has 30 N–H and O–H groups in total. The Labute approximate surface area is 865 Å². The summed E-state index contributed by atoms with van der Waals surface area (Å²) in [5.74, 6) is -22.0. The second-order valence-electron chi connectivity index (χ2n) is 39.9. The molecule has 0 saturated carbocycles. The lowest BCUT2D eigenvalue weighted by molar-refractivity contribution is -0.405. The molecule has 7 aliphatic heterocycles. The van der Waals surface area contributed by atoms with Crippen molar-refractivity contribution in [1.29, 1.82) is 0 Å². The molecule has 864 valence electrons. The molecule has 0 aromatic heterocycles. The van der Waals surface area contributed by atoms with Crippen molar-refractivity contribution in [2.24, 2.45) is 0 Å². The molecular weight excluding hydrogens is 1990 g/mol. The minimum absolute atomic E-state index is 0.0684. The number of rotatable bonds is 68. The van der Waals surface area contributed by atoms with Gasteiger partial charge in [0.15, 0.2) is 25.2 Å². The number of allylic oxidation sites excluding steroid dienone is 1. The molecular formula is C97H169N5O47. The van der Waals surface area contributed by atoms with E-state index in [-0.39, 0.29) is 6.42 Å². The van der Waals surface area contributed by atoms with Crippen LogP contribution in [0.1, 0.15) is 253 Å². The molecule has 5 amide bonds. The van der Waals surface area contributed by atoms with E-state index in [1.807, 2.05) is 0 Å². The highest BCUT2D eigenvalue weighted by Gasteiger charge is 2.66. The second kappa shape index (κ2) is 64.7. The maximum Gasteiger partial charge on any atom is 0.364 e. The molecule has 7 saturated heterocycles. The average molecular weight is 2160 g/mol. The van der Waals surface area contributed by atoms with Gasteiger partial charge in [0, 0.05) is 53.4 Å². The maximum absolute atomic E-state index is 14.2. The first-order chi connectivity index (χ1) is 70.9. The van der Waals surface area contributed by atoms with Crippen LogP contribution in [0.3, 0.4) is 0 Å². The summed E-state index contributed by atoms with van der Waals surface area (Å²) in [6.45, 7) is -2.12. The topological polar surface area (TPSA) is 832 Å². The predicted molar refractivity (Wildman–Crippen MR) is 510 cm³/mol. The number of hydrogen-bond donors (Lipinski definition) is 30. The van der Waals surface area contributed by atoms with Crippen molar-refractivity contribution in [3.05, 3.63) is 12.2 Å². The third-order valence-electron chi connectivity index (χ3n) is 28.1. The Bertz CT molecular complexity index is 3960. The Balaban J connectivity index is 1.18. The van der Waals surface area contributed by atoms with Gasteiger partial charge in [-0.1, -0.05) is 193 Å². The fourth-order valence-electron chi connectivity index (χ4n) is 19.9. The lowest BCUT2D eigenvalue weighted by atomic mass is 9.87. The first kappa shape index (κ1) is 130. The number of carbonyl (C=O) groups excluding carboxylic acids is 5. The Morgan fingerprint density at radius 1 is 0.362 bits per heavy atom. The number of aliphatic hydroxyl groups excluding tert-OH is 22. The lowest BCUT2D eigenvalue weighted by Gasteiger charge is -2.53. The predicted octanol–water partition coefficient (Wildman–Crippen LogP) is -5.91. The molecule has 0 radical (unpaired) electrons. The van der Waals surface area contributed by atoms with E-state index in [4.69, 9.17) is 66.3 Å². The number of nitrogens with one attached hydrogen (secondary N) is 5. The van der Waals surface area contributed by atoms with Crippen LogP contribution in [0.5, 0.6) is 0 Å². The molecule has 7 heterocycles. The third kappa shape index (κ3) is 37.1. The maximum atomic E-state index is 14.2. The largest absolute Gasteiger partial charge is 0.477 e.